The molecule has 0 radical (unpaired) electrons. The lowest BCUT2D eigenvalue weighted by molar-refractivity contribution is 0.0920. The number of carbonyl (C=O) groups excluding carboxylic acids is 1. The van der Waals surface area contributed by atoms with Gasteiger partial charge in [0.25, 0.3) is 5.91 Å². The second-order valence-corrected chi connectivity index (χ2v) is 4.53. The molecule has 3 N–H and O–H groups in total. The monoisotopic (exact) mass is 250 g/mol. The number of nitrogens with one attached hydrogen (secondary N) is 1. The van der Waals surface area contributed by atoms with Crippen LogP contribution in [0.3, 0.4) is 0 Å². The van der Waals surface area contributed by atoms with Gasteiger partial charge in [-0.15, -0.1) is 0 Å². The van der Waals surface area contributed by atoms with Crippen molar-refractivity contribution in [1.29, 1.82) is 0 Å². The maximum absolute atomic E-state index is 11.9. The van der Waals surface area contributed by atoms with Crippen LogP contribution in [0, 0.1) is 0 Å². The van der Waals surface area contributed by atoms with Crippen molar-refractivity contribution >= 4 is 5.91 Å². The average Bonchev–Trinajstić information content (AvgIpc) is 2.41. The Labute approximate surface area is 106 Å². The molecule has 0 aliphatic heterocycles. The van der Waals surface area contributed by atoms with Gasteiger partial charge in [-0.05, 0) is 25.7 Å². The predicted octanol–water partition coefficient (Wildman–Crippen LogP) is 0.485. The summed E-state index contributed by atoms with van der Waals surface area (Å²) in [6.07, 6.45) is 6.62. The normalized spacial score (nSPS) is 23.4. The minimum atomic E-state index is -0.189. The van der Waals surface area contributed by atoms with Gasteiger partial charge in [-0.3, -0.25) is 4.79 Å². The molecular formula is C12H18N4O2. The van der Waals surface area contributed by atoms with Crippen molar-refractivity contribution in [2.75, 3.05) is 7.11 Å². The summed E-state index contributed by atoms with van der Waals surface area (Å²) in [5.41, 5.74) is 6.13. The number of methoxy groups -OCH3 is 1. The van der Waals surface area contributed by atoms with Gasteiger partial charge in [0.2, 0.25) is 5.88 Å². The third-order valence-corrected chi connectivity index (χ3v) is 3.18. The number of hydrogen-bond acceptors (Lipinski definition) is 5. The van der Waals surface area contributed by atoms with Crippen molar-refractivity contribution in [2.45, 2.75) is 37.8 Å². The highest BCUT2D eigenvalue weighted by Gasteiger charge is 2.21. The molecule has 1 aromatic heterocycles. The maximum Gasteiger partial charge on any atom is 0.271 e. The lowest BCUT2D eigenvalue weighted by Gasteiger charge is -2.26. The van der Waals surface area contributed by atoms with E-state index in [1.54, 1.807) is 0 Å². The van der Waals surface area contributed by atoms with Crippen molar-refractivity contribution < 1.29 is 9.53 Å². The Kier molecular flexibility index (Phi) is 4.09. The first-order valence-corrected chi connectivity index (χ1v) is 6.11. The van der Waals surface area contributed by atoms with Crippen LogP contribution in [0.1, 0.15) is 36.2 Å². The summed E-state index contributed by atoms with van der Waals surface area (Å²) < 4.78 is 4.89. The zero-order chi connectivity index (χ0) is 13.0. The van der Waals surface area contributed by atoms with Crippen LogP contribution in [0.2, 0.25) is 0 Å². The SMILES string of the molecule is COc1cnc(C(=O)N[C@H]2CC[C@H](N)CC2)cn1. The molecule has 0 aromatic carbocycles. The van der Waals surface area contributed by atoms with Crippen LogP contribution >= 0.6 is 0 Å². The summed E-state index contributed by atoms with van der Waals surface area (Å²) >= 11 is 0. The van der Waals surface area contributed by atoms with Crippen molar-refractivity contribution in [1.82, 2.24) is 15.3 Å². The average molecular weight is 250 g/mol. The standard InChI is InChI=1S/C12H18N4O2/c1-18-11-7-14-10(6-15-11)12(17)16-9-4-2-8(13)3-5-9/h6-9H,2-5,13H2,1H3,(H,16,17)/t8-,9-. The smallest absolute Gasteiger partial charge is 0.271 e. The van der Waals surface area contributed by atoms with Gasteiger partial charge in [-0.25, -0.2) is 9.97 Å². The van der Waals surface area contributed by atoms with E-state index in [2.05, 4.69) is 15.3 Å². The highest BCUT2D eigenvalue weighted by molar-refractivity contribution is 5.92. The molecule has 1 saturated carbocycles. The van der Waals surface area contributed by atoms with Crippen LogP contribution in [0.5, 0.6) is 5.88 Å². The van der Waals surface area contributed by atoms with Crippen molar-refractivity contribution in [3.05, 3.63) is 18.1 Å². The summed E-state index contributed by atoms with van der Waals surface area (Å²) in [6.45, 7) is 0. The molecule has 1 aromatic rings. The number of amides is 1. The van der Waals surface area contributed by atoms with Crippen LogP contribution in [-0.2, 0) is 0 Å². The summed E-state index contributed by atoms with van der Waals surface area (Å²) in [5, 5.41) is 2.96. The Bertz CT molecular complexity index is 399. The van der Waals surface area contributed by atoms with Crippen molar-refractivity contribution in [3.8, 4) is 5.88 Å². The molecule has 1 amide bonds. The molecule has 1 fully saturated rings. The molecule has 6 nitrogen and oxygen atoms in total. The molecule has 0 spiro atoms. The number of carbonyl (C=O) groups is 1. The van der Waals surface area contributed by atoms with Gasteiger partial charge in [0.15, 0.2) is 0 Å². The minimum Gasteiger partial charge on any atom is -0.480 e. The lowest BCUT2D eigenvalue weighted by atomic mass is 9.92. The summed E-state index contributed by atoms with van der Waals surface area (Å²) in [7, 11) is 1.51. The van der Waals surface area contributed by atoms with Crippen molar-refractivity contribution in [2.24, 2.45) is 5.73 Å². The van der Waals surface area contributed by atoms with Crippen molar-refractivity contribution in [3.63, 3.8) is 0 Å². The first-order chi connectivity index (χ1) is 8.69. The highest BCUT2D eigenvalue weighted by atomic mass is 16.5. The number of aromatic nitrogens is 2. The van der Waals surface area contributed by atoms with E-state index in [9.17, 15) is 4.79 Å². The van der Waals surface area contributed by atoms with E-state index < -0.39 is 0 Å². The molecule has 0 bridgehead atoms. The Morgan fingerprint density at radius 3 is 2.61 bits per heavy atom. The van der Waals surface area contributed by atoms with Gasteiger partial charge < -0.3 is 15.8 Å². The minimum absolute atomic E-state index is 0.189. The number of nitrogens with zero attached hydrogens (tertiary/aromatic N) is 2. The first kappa shape index (κ1) is 12.8. The first-order valence-electron chi connectivity index (χ1n) is 6.11. The van der Waals surface area contributed by atoms with Gasteiger partial charge in [0.1, 0.15) is 5.69 Å². The molecule has 1 aliphatic rings. The van der Waals surface area contributed by atoms with Crippen LogP contribution < -0.4 is 15.8 Å². The van der Waals surface area contributed by atoms with Crippen LogP contribution in [0.25, 0.3) is 0 Å². The molecule has 6 heteroatoms. The van der Waals surface area contributed by atoms with E-state index in [0.29, 0.717) is 11.6 Å². The molecule has 18 heavy (non-hydrogen) atoms. The molecule has 0 saturated heterocycles. The number of hydrogen-bond donors (Lipinski definition) is 2. The maximum atomic E-state index is 11.9. The number of nitrogens with two attached hydrogens (primary N) is 1. The van der Waals surface area contributed by atoms with Gasteiger partial charge in [-0.2, -0.15) is 0 Å². The number of rotatable bonds is 3. The molecule has 2 rings (SSSR count). The van der Waals surface area contributed by atoms with Crippen LogP contribution in [-0.4, -0.2) is 35.1 Å². The summed E-state index contributed by atoms with van der Waals surface area (Å²) in [4.78, 5) is 19.9. The Morgan fingerprint density at radius 2 is 2.06 bits per heavy atom. The van der Waals surface area contributed by atoms with Gasteiger partial charge in [0.05, 0.1) is 19.5 Å². The Hall–Kier alpha value is -1.69. The quantitative estimate of drug-likeness (QED) is 0.814. The van der Waals surface area contributed by atoms with E-state index in [-0.39, 0.29) is 18.0 Å². The Morgan fingerprint density at radius 1 is 1.33 bits per heavy atom. The second-order valence-electron chi connectivity index (χ2n) is 4.53. The molecular weight excluding hydrogens is 232 g/mol. The highest BCUT2D eigenvalue weighted by Crippen LogP contribution is 2.17. The fraction of sp³-hybridized carbons (Fsp3) is 0.583. The summed E-state index contributed by atoms with van der Waals surface area (Å²) in [5.74, 6) is 0.209. The molecule has 1 heterocycles. The third-order valence-electron chi connectivity index (χ3n) is 3.18. The fourth-order valence-corrected chi connectivity index (χ4v) is 2.06. The number of ether oxygens (including phenoxy) is 1. The van der Waals surface area contributed by atoms with E-state index in [1.165, 1.54) is 19.5 Å². The molecule has 98 valence electrons. The van der Waals surface area contributed by atoms with Gasteiger partial charge in [0, 0.05) is 12.1 Å². The van der Waals surface area contributed by atoms with Gasteiger partial charge >= 0.3 is 0 Å². The molecule has 0 unspecified atom stereocenters. The summed E-state index contributed by atoms with van der Waals surface area (Å²) in [6, 6.07) is 0.472. The van der Waals surface area contributed by atoms with E-state index in [1.807, 2.05) is 0 Å². The van der Waals surface area contributed by atoms with Crippen LogP contribution in [0.15, 0.2) is 12.4 Å². The zero-order valence-electron chi connectivity index (χ0n) is 10.4. The molecule has 0 atom stereocenters. The fourth-order valence-electron chi connectivity index (χ4n) is 2.06. The van der Waals surface area contributed by atoms with E-state index in [0.717, 1.165) is 25.7 Å². The van der Waals surface area contributed by atoms with Gasteiger partial charge in [-0.1, -0.05) is 0 Å². The lowest BCUT2D eigenvalue weighted by Crippen LogP contribution is -2.40. The van der Waals surface area contributed by atoms with E-state index >= 15 is 0 Å². The zero-order valence-corrected chi connectivity index (χ0v) is 10.4. The predicted molar refractivity (Wildman–Crippen MR) is 66.3 cm³/mol. The van der Waals surface area contributed by atoms with E-state index in [4.69, 9.17) is 10.5 Å². The Balaban J connectivity index is 1.90. The second kappa shape index (κ2) is 5.77. The largest absolute Gasteiger partial charge is 0.480 e. The third kappa shape index (κ3) is 3.16. The van der Waals surface area contributed by atoms with Crippen LogP contribution in [0.4, 0.5) is 0 Å². The molecule has 1 aliphatic carbocycles. The topological polar surface area (TPSA) is 90.1 Å².